The molecule has 0 rings (SSSR count). The van der Waals surface area contributed by atoms with Crippen molar-refractivity contribution in [2.75, 3.05) is 65.1 Å². The highest BCUT2D eigenvalue weighted by molar-refractivity contribution is 7.80. The molecule has 0 aliphatic rings. The largest absolute Gasteiger partial charge is 0.460 e. The van der Waals surface area contributed by atoms with E-state index in [0.717, 1.165) is 12.2 Å². The molecule has 2 N–H and O–H groups in total. The fraction of sp³-hybridized carbons (Fsp3) is 0.579. The topological polar surface area (TPSA) is 148 Å². The van der Waals surface area contributed by atoms with E-state index >= 15 is 0 Å². The van der Waals surface area contributed by atoms with E-state index in [2.05, 4.69) is 36.4 Å². The number of thiol groups is 1. The molecule has 2 amide bonds. The molecule has 0 radical (unpaired) electrons. The van der Waals surface area contributed by atoms with Crippen molar-refractivity contribution in [3.8, 4) is 0 Å². The van der Waals surface area contributed by atoms with Gasteiger partial charge in [0.25, 0.3) is 0 Å². The second-order valence-corrected chi connectivity index (χ2v) is 6.00. The lowest BCUT2D eigenvalue weighted by Crippen LogP contribution is -2.36. The van der Waals surface area contributed by atoms with Crippen LogP contribution in [0.25, 0.3) is 0 Å². The molecular weight excluding hydrogens is 448 g/mol. The van der Waals surface area contributed by atoms with Crippen LogP contribution >= 0.6 is 12.6 Å². The predicted octanol–water partition coefficient (Wildman–Crippen LogP) is 0.229. The van der Waals surface area contributed by atoms with Gasteiger partial charge in [0.05, 0.1) is 26.4 Å². The summed E-state index contributed by atoms with van der Waals surface area (Å²) in [4.78, 5) is 45.0. The number of hydrogen-bond donors (Lipinski definition) is 3. The molecule has 0 saturated carbocycles. The first-order valence-electron chi connectivity index (χ1n) is 9.62. The molecule has 0 aliphatic heterocycles. The molecule has 1 unspecified atom stereocenters. The number of alkyl carbamates (subject to hydrolysis) is 2. The molecule has 0 bridgehead atoms. The number of carbonyl (C=O) groups is 4. The molecule has 32 heavy (non-hydrogen) atoms. The SMILES string of the molecule is C=CC(=O)OCCOCCNC(=O)OCC(CS)OC(=O)NCCOCCOC(=O)C=C. The summed E-state index contributed by atoms with van der Waals surface area (Å²) in [5.41, 5.74) is 0. The monoisotopic (exact) mass is 478 g/mol. The maximum atomic E-state index is 11.7. The van der Waals surface area contributed by atoms with E-state index in [1.807, 2.05) is 0 Å². The third-order valence-electron chi connectivity index (χ3n) is 3.19. The van der Waals surface area contributed by atoms with Crippen molar-refractivity contribution in [1.82, 2.24) is 10.6 Å². The van der Waals surface area contributed by atoms with E-state index in [0.29, 0.717) is 0 Å². The Hall–Kier alpha value is -2.77. The molecule has 0 aromatic heterocycles. The van der Waals surface area contributed by atoms with Crippen molar-refractivity contribution in [2.24, 2.45) is 0 Å². The first kappa shape index (κ1) is 29.2. The highest BCUT2D eigenvalue weighted by Gasteiger charge is 2.15. The molecule has 0 heterocycles. The zero-order chi connectivity index (χ0) is 24.0. The van der Waals surface area contributed by atoms with Crippen LogP contribution in [-0.4, -0.2) is 95.3 Å². The maximum absolute atomic E-state index is 11.7. The maximum Gasteiger partial charge on any atom is 0.407 e. The molecule has 12 nitrogen and oxygen atoms in total. The van der Waals surface area contributed by atoms with Crippen molar-refractivity contribution in [3.05, 3.63) is 25.3 Å². The second kappa shape index (κ2) is 20.2. The van der Waals surface area contributed by atoms with Crippen molar-refractivity contribution in [3.63, 3.8) is 0 Å². The highest BCUT2D eigenvalue weighted by Crippen LogP contribution is 1.98. The molecule has 0 saturated heterocycles. The van der Waals surface area contributed by atoms with Crippen LogP contribution in [0, 0.1) is 0 Å². The minimum Gasteiger partial charge on any atom is -0.460 e. The standard InChI is InChI=1S/C19H30N2O10S/c1-3-16(22)28-11-9-26-7-5-20-18(24)30-13-15(14-32)31-19(25)21-6-8-27-10-12-29-17(23)4-2/h3-4,15,32H,1-2,5-14H2,(H,20,24)(H,21,25). The van der Waals surface area contributed by atoms with Gasteiger partial charge >= 0.3 is 24.1 Å². The molecular formula is C19H30N2O10S. The van der Waals surface area contributed by atoms with Gasteiger partial charge in [-0.05, 0) is 0 Å². The van der Waals surface area contributed by atoms with Gasteiger partial charge in [0.1, 0.15) is 25.9 Å². The van der Waals surface area contributed by atoms with Crippen LogP contribution in [0.5, 0.6) is 0 Å². The summed E-state index contributed by atoms with van der Waals surface area (Å²) >= 11 is 4.05. The van der Waals surface area contributed by atoms with Gasteiger partial charge in [0.15, 0.2) is 0 Å². The lowest BCUT2D eigenvalue weighted by Gasteiger charge is -2.16. The summed E-state index contributed by atoms with van der Waals surface area (Å²) in [6.07, 6.45) is -0.0922. The first-order chi connectivity index (χ1) is 15.4. The summed E-state index contributed by atoms with van der Waals surface area (Å²) in [6, 6.07) is 0. The second-order valence-electron chi connectivity index (χ2n) is 5.63. The summed E-state index contributed by atoms with van der Waals surface area (Å²) in [7, 11) is 0. The van der Waals surface area contributed by atoms with Gasteiger partial charge in [-0.3, -0.25) is 0 Å². The highest BCUT2D eigenvalue weighted by atomic mass is 32.1. The number of ether oxygens (including phenoxy) is 6. The summed E-state index contributed by atoms with van der Waals surface area (Å²) in [5, 5.41) is 4.91. The summed E-state index contributed by atoms with van der Waals surface area (Å²) in [6.45, 7) is 7.55. The van der Waals surface area contributed by atoms with Crippen molar-refractivity contribution >= 4 is 36.8 Å². The Bertz CT molecular complexity index is 603. The number of nitrogens with one attached hydrogen (secondary N) is 2. The zero-order valence-electron chi connectivity index (χ0n) is 17.7. The summed E-state index contributed by atoms with van der Waals surface area (Å²) < 4.78 is 29.8. The van der Waals surface area contributed by atoms with Crippen molar-refractivity contribution in [1.29, 1.82) is 0 Å². The Labute approximate surface area is 192 Å². The Morgan fingerprint density at radius 3 is 1.72 bits per heavy atom. The van der Waals surface area contributed by atoms with Crippen molar-refractivity contribution in [2.45, 2.75) is 6.10 Å². The van der Waals surface area contributed by atoms with Crippen LogP contribution in [0.1, 0.15) is 0 Å². The fourth-order valence-corrected chi connectivity index (χ4v) is 1.89. The summed E-state index contributed by atoms with van der Waals surface area (Å²) in [5.74, 6) is -0.943. The Kier molecular flexibility index (Phi) is 18.4. The fourth-order valence-electron chi connectivity index (χ4n) is 1.71. The first-order valence-corrected chi connectivity index (χ1v) is 10.3. The normalized spacial score (nSPS) is 10.9. The van der Waals surface area contributed by atoms with E-state index in [1.54, 1.807) is 0 Å². The Morgan fingerprint density at radius 1 is 0.750 bits per heavy atom. The van der Waals surface area contributed by atoms with E-state index in [1.165, 1.54) is 0 Å². The molecule has 0 fully saturated rings. The van der Waals surface area contributed by atoms with Crippen LogP contribution in [0.4, 0.5) is 9.59 Å². The number of rotatable bonds is 18. The average Bonchev–Trinajstić information content (AvgIpc) is 2.79. The van der Waals surface area contributed by atoms with Crippen LogP contribution in [0.15, 0.2) is 25.3 Å². The molecule has 0 aromatic carbocycles. The van der Waals surface area contributed by atoms with Crippen LogP contribution < -0.4 is 10.6 Å². The molecule has 0 aliphatic carbocycles. The lowest BCUT2D eigenvalue weighted by molar-refractivity contribution is -0.140. The number of amides is 2. The van der Waals surface area contributed by atoms with Gasteiger partial charge in [0, 0.05) is 31.0 Å². The predicted molar refractivity (Wildman–Crippen MR) is 115 cm³/mol. The van der Waals surface area contributed by atoms with Crippen LogP contribution in [0.3, 0.4) is 0 Å². The van der Waals surface area contributed by atoms with Gasteiger partial charge < -0.3 is 39.1 Å². The van der Waals surface area contributed by atoms with Crippen molar-refractivity contribution < 1.29 is 47.6 Å². The quantitative estimate of drug-likeness (QED) is 0.0822. The molecule has 182 valence electrons. The molecule has 0 aromatic rings. The van der Waals surface area contributed by atoms with Gasteiger partial charge in [-0.1, -0.05) is 13.2 Å². The van der Waals surface area contributed by atoms with Gasteiger partial charge in [-0.2, -0.15) is 12.6 Å². The minimum absolute atomic E-state index is 0.0771. The molecule has 13 heteroatoms. The Balaban J connectivity index is 3.73. The zero-order valence-corrected chi connectivity index (χ0v) is 18.6. The van der Waals surface area contributed by atoms with E-state index in [9.17, 15) is 19.2 Å². The van der Waals surface area contributed by atoms with E-state index < -0.39 is 30.2 Å². The van der Waals surface area contributed by atoms with Crippen LogP contribution in [0.2, 0.25) is 0 Å². The van der Waals surface area contributed by atoms with E-state index in [4.69, 9.17) is 28.4 Å². The van der Waals surface area contributed by atoms with E-state index in [-0.39, 0.29) is 65.1 Å². The number of carbonyl (C=O) groups excluding carboxylic acids is 4. The third-order valence-corrected chi connectivity index (χ3v) is 3.59. The third kappa shape index (κ3) is 18.0. The number of hydrogen-bond acceptors (Lipinski definition) is 11. The van der Waals surface area contributed by atoms with Gasteiger partial charge in [-0.25, -0.2) is 19.2 Å². The van der Waals surface area contributed by atoms with Gasteiger partial charge in [-0.15, -0.1) is 0 Å². The lowest BCUT2D eigenvalue weighted by atomic mass is 10.4. The van der Waals surface area contributed by atoms with Gasteiger partial charge in [0.2, 0.25) is 0 Å². The number of esters is 2. The smallest absolute Gasteiger partial charge is 0.407 e. The Morgan fingerprint density at radius 2 is 1.25 bits per heavy atom. The van der Waals surface area contributed by atoms with Crippen LogP contribution in [-0.2, 0) is 38.0 Å². The minimum atomic E-state index is -0.751. The molecule has 1 atom stereocenters. The molecule has 0 spiro atoms. The average molecular weight is 479 g/mol.